The minimum Gasteiger partial charge on any atom is -0.324 e. The number of benzene rings is 3. The number of carbonyl (C=O) groups is 1. The van der Waals surface area contributed by atoms with Crippen LogP contribution < -0.4 is 9.62 Å². The number of nitrogens with zero attached hydrogens (tertiary/aromatic N) is 1. The maximum absolute atomic E-state index is 13.6. The standard InChI is InChI=1S/C25H28N2O3S/c1-5-21-8-6-7-9-23(21)26-25(28)17-27(24-16-19(3)10-13-20(24)4)31(29,30)22-14-11-18(2)12-15-22/h6-16H,5,17H2,1-4H3,(H,26,28). The SMILES string of the molecule is CCc1ccccc1NC(=O)CN(c1cc(C)ccc1C)S(=O)(=O)c1ccc(C)cc1. The van der Waals surface area contributed by atoms with Gasteiger partial charge in [-0.15, -0.1) is 0 Å². The molecule has 0 atom stereocenters. The first-order valence-electron chi connectivity index (χ1n) is 10.3. The van der Waals surface area contributed by atoms with E-state index in [0.29, 0.717) is 11.4 Å². The summed E-state index contributed by atoms with van der Waals surface area (Å²) in [6.07, 6.45) is 0.763. The van der Waals surface area contributed by atoms with Gasteiger partial charge in [0.1, 0.15) is 6.54 Å². The van der Waals surface area contributed by atoms with Gasteiger partial charge >= 0.3 is 0 Å². The Bertz CT molecular complexity index is 1190. The molecule has 0 bridgehead atoms. The summed E-state index contributed by atoms with van der Waals surface area (Å²) in [7, 11) is -3.94. The molecule has 5 nitrogen and oxygen atoms in total. The van der Waals surface area contributed by atoms with Gasteiger partial charge < -0.3 is 5.32 Å². The Morgan fingerprint density at radius 3 is 2.23 bits per heavy atom. The number of sulfonamides is 1. The second-order valence-corrected chi connectivity index (χ2v) is 9.54. The normalized spacial score (nSPS) is 11.2. The number of rotatable bonds is 7. The topological polar surface area (TPSA) is 66.5 Å². The van der Waals surface area contributed by atoms with Crippen LogP contribution in [-0.2, 0) is 21.2 Å². The van der Waals surface area contributed by atoms with Crippen molar-refractivity contribution >= 4 is 27.3 Å². The summed E-state index contributed by atoms with van der Waals surface area (Å²) < 4.78 is 28.3. The molecule has 6 heteroatoms. The van der Waals surface area contributed by atoms with Gasteiger partial charge in [-0.05, 0) is 68.1 Å². The highest BCUT2D eigenvalue weighted by Crippen LogP contribution is 2.28. The van der Waals surface area contributed by atoms with E-state index in [4.69, 9.17) is 0 Å². The monoisotopic (exact) mass is 436 g/mol. The lowest BCUT2D eigenvalue weighted by Gasteiger charge is -2.26. The van der Waals surface area contributed by atoms with Crippen LogP contribution in [0.15, 0.2) is 71.6 Å². The van der Waals surface area contributed by atoms with Crippen molar-refractivity contribution in [3.63, 3.8) is 0 Å². The molecular formula is C25H28N2O3S. The summed E-state index contributed by atoms with van der Waals surface area (Å²) in [5.74, 6) is -0.391. The molecule has 0 aliphatic carbocycles. The van der Waals surface area contributed by atoms with Crippen LogP contribution in [0.1, 0.15) is 29.2 Å². The summed E-state index contributed by atoms with van der Waals surface area (Å²) in [6, 6.07) is 19.8. The average molecular weight is 437 g/mol. The van der Waals surface area contributed by atoms with Gasteiger partial charge in [0.2, 0.25) is 5.91 Å². The predicted octanol–water partition coefficient (Wildman–Crippen LogP) is 5.01. The van der Waals surface area contributed by atoms with Gasteiger partial charge in [-0.1, -0.05) is 55.0 Å². The van der Waals surface area contributed by atoms with Gasteiger partial charge in [0.15, 0.2) is 0 Å². The molecule has 0 aromatic heterocycles. The molecule has 3 aromatic carbocycles. The zero-order valence-corrected chi connectivity index (χ0v) is 19.2. The number of hydrogen-bond acceptors (Lipinski definition) is 3. The molecular weight excluding hydrogens is 408 g/mol. The molecule has 0 aliphatic heterocycles. The van der Waals surface area contributed by atoms with Crippen LogP contribution in [0.5, 0.6) is 0 Å². The molecule has 1 amide bonds. The molecule has 0 radical (unpaired) electrons. The van der Waals surface area contributed by atoms with E-state index in [2.05, 4.69) is 5.32 Å². The van der Waals surface area contributed by atoms with Crippen molar-refractivity contribution in [2.45, 2.75) is 39.0 Å². The molecule has 1 N–H and O–H groups in total. The third kappa shape index (κ3) is 5.14. The van der Waals surface area contributed by atoms with Gasteiger partial charge in [0.05, 0.1) is 10.6 Å². The van der Waals surface area contributed by atoms with Gasteiger partial charge in [0, 0.05) is 5.69 Å². The molecule has 3 aromatic rings. The van der Waals surface area contributed by atoms with Gasteiger partial charge in [-0.25, -0.2) is 8.42 Å². The Morgan fingerprint density at radius 1 is 0.903 bits per heavy atom. The van der Waals surface area contributed by atoms with Crippen molar-refractivity contribution in [1.29, 1.82) is 0 Å². The molecule has 0 saturated carbocycles. The lowest BCUT2D eigenvalue weighted by Crippen LogP contribution is -2.38. The number of carbonyl (C=O) groups excluding carboxylic acids is 1. The summed E-state index contributed by atoms with van der Waals surface area (Å²) in [6.45, 7) is 7.33. The smallest absolute Gasteiger partial charge is 0.264 e. The molecule has 0 fully saturated rings. The number of aryl methyl sites for hydroxylation is 4. The van der Waals surface area contributed by atoms with E-state index in [1.54, 1.807) is 30.3 Å². The molecule has 3 rings (SSSR count). The largest absolute Gasteiger partial charge is 0.324 e. The number of para-hydroxylation sites is 1. The highest BCUT2D eigenvalue weighted by molar-refractivity contribution is 7.92. The first-order chi connectivity index (χ1) is 14.7. The Hall–Kier alpha value is -3.12. The molecule has 0 spiro atoms. The van der Waals surface area contributed by atoms with Gasteiger partial charge in [-0.3, -0.25) is 9.10 Å². The Kier molecular flexibility index (Phi) is 6.81. The first kappa shape index (κ1) is 22.6. The average Bonchev–Trinajstić information content (AvgIpc) is 2.74. The van der Waals surface area contributed by atoms with E-state index in [0.717, 1.165) is 28.7 Å². The second kappa shape index (κ2) is 9.35. The zero-order valence-electron chi connectivity index (χ0n) is 18.3. The summed E-state index contributed by atoms with van der Waals surface area (Å²) in [5, 5.41) is 2.88. The quantitative estimate of drug-likeness (QED) is 0.566. The predicted molar refractivity (Wildman–Crippen MR) is 126 cm³/mol. The fourth-order valence-corrected chi connectivity index (χ4v) is 4.87. The Labute approximate surface area is 184 Å². The molecule has 0 aliphatic rings. The van der Waals surface area contributed by atoms with Crippen LogP contribution in [0, 0.1) is 20.8 Å². The van der Waals surface area contributed by atoms with Crippen molar-refractivity contribution in [1.82, 2.24) is 0 Å². The van der Waals surface area contributed by atoms with Gasteiger partial charge in [0.25, 0.3) is 10.0 Å². The molecule has 162 valence electrons. The van der Waals surface area contributed by atoms with Crippen LogP contribution in [0.3, 0.4) is 0 Å². The van der Waals surface area contributed by atoms with E-state index in [-0.39, 0.29) is 11.4 Å². The van der Waals surface area contributed by atoms with E-state index in [1.165, 1.54) is 4.31 Å². The maximum Gasteiger partial charge on any atom is 0.264 e. The molecule has 0 heterocycles. The van der Waals surface area contributed by atoms with Crippen molar-refractivity contribution in [2.24, 2.45) is 0 Å². The third-order valence-electron chi connectivity index (χ3n) is 5.20. The Morgan fingerprint density at radius 2 is 1.55 bits per heavy atom. The molecule has 31 heavy (non-hydrogen) atoms. The zero-order chi connectivity index (χ0) is 22.6. The van der Waals surface area contributed by atoms with Crippen LogP contribution in [0.25, 0.3) is 0 Å². The van der Waals surface area contributed by atoms with E-state index >= 15 is 0 Å². The fraction of sp³-hybridized carbons (Fsp3) is 0.240. The molecule has 0 unspecified atom stereocenters. The third-order valence-corrected chi connectivity index (χ3v) is 6.98. The van der Waals surface area contributed by atoms with Crippen molar-refractivity contribution in [3.05, 3.63) is 89.0 Å². The summed E-state index contributed by atoms with van der Waals surface area (Å²) in [5.41, 5.74) is 4.86. The van der Waals surface area contributed by atoms with Crippen LogP contribution in [0.4, 0.5) is 11.4 Å². The number of amides is 1. The van der Waals surface area contributed by atoms with Crippen molar-refractivity contribution in [2.75, 3.05) is 16.2 Å². The number of anilines is 2. The summed E-state index contributed by atoms with van der Waals surface area (Å²) in [4.78, 5) is 13.1. The van der Waals surface area contributed by atoms with Crippen molar-refractivity contribution in [3.8, 4) is 0 Å². The van der Waals surface area contributed by atoms with E-state index in [9.17, 15) is 13.2 Å². The summed E-state index contributed by atoms with van der Waals surface area (Å²) >= 11 is 0. The van der Waals surface area contributed by atoms with Crippen LogP contribution >= 0.6 is 0 Å². The minimum absolute atomic E-state index is 0.153. The molecule has 0 saturated heterocycles. The number of nitrogens with one attached hydrogen (secondary N) is 1. The van der Waals surface area contributed by atoms with E-state index in [1.807, 2.05) is 64.1 Å². The van der Waals surface area contributed by atoms with Crippen molar-refractivity contribution < 1.29 is 13.2 Å². The highest BCUT2D eigenvalue weighted by Gasteiger charge is 2.28. The number of hydrogen-bond donors (Lipinski definition) is 1. The maximum atomic E-state index is 13.6. The fourth-order valence-electron chi connectivity index (χ4n) is 3.40. The first-order valence-corrected chi connectivity index (χ1v) is 11.7. The van der Waals surface area contributed by atoms with Crippen LogP contribution in [-0.4, -0.2) is 20.9 Å². The van der Waals surface area contributed by atoms with E-state index < -0.39 is 15.9 Å². The lowest BCUT2D eigenvalue weighted by atomic mass is 10.1. The highest BCUT2D eigenvalue weighted by atomic mass is 32.2. The van der Waals surface area contributed by atoms with Gasteiger partial charge in [-0.2, -0.15) is 0 Å². The minimum atomic E-state index is -3.94. The lowest BCUT2D eigenvalue weighted by molar-refractivity contribution is -0.114. The second-order valence-electron chi connectivity index (χ2n) is 7.67. The van der Waals surface area contributed by atoms with Crippen LogP contribution in [0.2, 0.25) is 0 Å². The Balaban J connectivity index is 2.01.